The second-order valence-corrected chi connectivity index (χ2v) is 6.78. The smallest absolute Gasteiger partial charge is 0.228 e. The fourth-order valence-corrected chi connectivity index (χ4v) is 3.73. The molecule has 2 atom stereocenters. The maximum absolute atomic E-state index is 12.1. The van der Waals surface area contributed by atoms with Crippen LogP contribution in [0.1, 0.15) is 32.8 Å². The zero-order valence-corrected chi connectivity index (χ0v) is 12.8. The molecule has 0 aromatic heterocycles. The van der Waals surface area contributed by atoms with Crippen LogP contribution in [0.5, 0.6) is 0 Å². The zero-order chi connectivity index (χ0) is 15.2. The number of fused-ring (bicyclic) bond motifs is 1. The fourth-order valence-electron chi connectivity index (χ4n) is 3.73. The van der Waals surface area contributed by atoms with Gasteiger partial charge in [0.25, 0.3) is 0 Å². The van der Waals surface area contributed by atoms with Crippen molar-refractivity contribution < 1.29 is 9.59 Å². The third kappa shape index (κ3) is 2.41. The Morgan fingerprint density at radius 1 is 1.29 bits per heavy atom. The molecule has 0 saturated heterocycles. The first-order chi connectivity index (χ1) is 9.91. The van der Waals surface area contributed by atoms with Gasteiger partial charge in [-0.25, -0.2) is 0 Å². The first-order valence-electron chi connectivity index (χ1n) is 7.49. The monoisotopic (exact) mass is 283 g/mol. The van der Waals surface area contributed by atoms with Crippen molar-refractivity contribution in [1.82, 2.24) is 5.32 Å². The fraction of sp³-hybridized carbons (Fsp3) is 0.444. The molecule has 2 saturated carbocycles. The lowest BCUT2D eigenvalue weighted by Crippen LogP contribution is -2.26. The lowest BCUT2D eigenvalue weighted by atomic mass is 9.95. The molecule has 3 heteroatoms. The quantitative estimate of drug-likeness (QED) is 0.867. The van der Waals surface area contributed by atoms with E-state index < -0.39 is 0 Å². The summed E-state index contributed by atoms with van der Waals surface area (Å²) in [5.74, 6) is 0.964. The first-order valence-corrected chi connectivity index (χ1v) is 7.49. The average Bonchev–Trinajstić information content (AvgIpc) is 2.79. The summed E-state index contributed by atoms with van der Waals surface area (Å²) in [6.45, 7) is 6.26. The van der Waals surface area contributed by atoms with Gasteiger partial charge in [-0.1, -0.05) is 44.2 Å². The molecule has 0 aliphatic heterocycles. The molecule has 2 aliphatic rings. The molecule has 0 spiro atoms. The third-order valence-corrected chi connectivity index (χ3v) is 5.01. The first kappa shape index (κ1) is 14.1. The largest absolute Gasteiger partial charge is 0.329 e. The average molecular weight is 283 g/mol. The molecule has 2 fully saturated rings. The zero-order valence-electron chi connectivity index (χ0n) is 12.8. The number of rotatable bonds is 3. The summed E-state index contributed by atoms with van der Waals surface area (Å²) in [5.41, 5.74) is 2.80. The van der Waals surface area contributed by atoms with E-state index in [4.69, 9.17) is 0 Å². The van der Waals surface area contributed by atoms with Crippen molar-refractivity contribution in [2.75, 3.05) is 0 Å². The molecule has 0 radical (unpaired) electrons. The number of ketones is 1. The molecule has 2 aliphatic carbocycles. The van der Waals surface area contributed by atoms with Crippen LogP contribution in [-0.2, 0) is 16.0 Å². The minimum absolute atomic E-state index is 0.0547. The van der Waals surface area contributed by atoms with Crippen molar-refractivity contribution in [3.05, 3.63) is 47.2 Å². The van der Waals surface area contributed by atoms with E-state index in [9.17, 15) is 9.59 Å². The minimum atomic E-state index is -0.0547. The van der Waals surface area contributed by atoms with Gasteiger partial charge in [-0.15, -0.1) is 0 Å². The van der Waals surface area contributed by atoms with Crippen molar-refractivity contribution in [1.29, 1.82) is 0 Å². The summed E-state index contributed by atoms with van der Waals surface area (Å²) < 4.78 is 0. The molecule has 110 valence electrons. The van der Waals surface area contributed by atoms with Crippen LogP contribution in [-0.4, -0.2) is 11.7 Å². The molecule has 1 amide bonds. The van der Waals surface area contributed by atoms with E-state index >= 15 is 0 Å². The predicted octanol–water partition coefficient (Wildman–Crippen LogP) is 2.86. The van der Waals surface area contributed by atoms with E-state index in [0.717, 1.165) is 16.8 Å². The van der Waals surface area contributed by atoms with E-state index in [1.54, 1.807) is 0 Å². The van der Waals surface area contributed by atoms with Crippen molar-refractivity contribution in [3.8, 4) is 0 Å². The standard InChI is InChI=1S/C18H21NO2/c1-11(16-14(20)10-13-17(16)18(13,2)3)19-15(21)9-12-7-5-4-6-8-12/h4-8,13,17H,9-10H2,1-3H3,(H,19,21)/b16-11+. The number of amides is 1. The number of hydrogen-bond acceptors (Lipinski definition) is 2. The number of carbonyl (C=O) groups excluding carboxylic acids is 2. The maximum atomic E-state index is 12.1. The Labute approximate surface area is 125 Å². The Kier molecular flexibility index (Phi) is 3.23. The number of Topliss-reactive ketones (excluding diaryl/α,β-unsaturated/α-hetero) is 1. The summed E-state index contributed by atoms with van der Waals surface area (Å²) in [6, 6.07) is 9.64. The van der Waals surface area contributed by atoms with E-state index in [0.29, 0.717) is 24.7 Å². The molecule has 3 nitrogen and oxygen atoms in total. The van der Waals surface area contributed by atoms with Gasteiger partial charge in [-0.2, -0.15) is 0 Å². The number of allylic oxidation sites excluding steroid dienone is 2. The van der Waals surface area contributed by atoms with Crippen molar-refractivity contribution in [2.24, 2.45) is 17.3 Å². The normalized spacial score (nSPS) is 28.0. The molecular weight excluding hydrogens is 262 g/mol. The molecule has 1 N–H and O–H groups in total. The molecule has 0 heterocycles. The number of nitrogens with one attached hydrogen (secondary N) is 1. The predicted molar refractivity (Wildman–Crippen MR) is 81.4 cm³/mol. The second kappa shape index (κ2) is 4.83. The third-order valence-electron chi connectivity index (χ3n) is 5.01. The molecular formula is C18H21NO2. The van der Waals surface area contributed by atoms with Gasteiger partial charge in [0.05, 0.1) is 6.42 Å². The molecule has 3 rings (SSSR count). The van der Waals surface area contributed by atoms with Crippen molar-refractivity contribution in [3.63, 3.8) is 0 Å². The number of benzene rings is 1. The van der Waals surface area contributed by atoms with Crippen molar-refractivity contribution >= 4 is 11.7 Å². The van der Waals surface area contributed by atoms with E-state index in [-0.39, 0.29) is 17.1 Å². The molecule has 1 aromatic carbocycles. The highest BCUT2D eigenvalue weighted by molar-refractivity contribution is 6.01. The van der Waals surface area contributed by atoms with E-state index in [1.165, 1.54) is 0 Å². The highest BCUT2D eigenvalue weighted by atomic mass is 16.1. The van der Waals surface area contributed by atoms with E-state index in [1.807, 2.05) is 37.3 Å². The van der Waals surface area contributed by atoms with Crippen LogP contribution in [0.3, 0.4) is 0 Å². The highest BCUT2D eigenvalue weighted by Gasteiger charge is 2.65. The van der Waals surface area contributed by atoms with Gasteiger partial charge in [0.2, 0.25) is 5.91 Å². The van der Waals surface area contributed by atoms with Gasteiger partial charge in [0, 0.05) is 17.7 Å². The van der Waals surface area contributed by atoms with Gasteiger partial charge in [-0.05, 0) is 29.7 Å². The number of carbonyl (C=O) groups is 2. The van der Waals surface area contributed by atoms with Crippen molar-refractivity contribution in [2.45, 2.75) is 33.6 Å². The molecule has 0 bridgehead atoms. The Morgan fingerprint density at radius 2 is 1.95 bits per heavy atom. The Morgan fingerprint density at radius 3 is 2.57 bits per heavy atom. The van der Waals surface area contributed by atoms with Crippen LogP contribution >= 0.6 is 0 Å². The lowest BCUT2D eigenvalue weighted by molar-refractivity contribution is -0.119. The van der Waals surface area contributed by atoms with Crippen LogP contribution in [0.2, 0.25) is 0 Å². The second-order valence-electron chi connectivity index (χ2n) is 6.78. The summed E-state index contributed by atoms with van der Waals surface area (Å²) in [6.07, 6.45) is 0.982. The lowest BCUT2D eigenvalue weighted by Gasteiger charge is -2.13. The van der Waals surface area contributed by atoms with Gasteiger partial charge >= 0.3 is 0 Å². The topological polar surface area (TPSA) is 46.2 Å². The Balaban J connectivity index is 1.71. The summed E-state index contributed by atoms with van der Waals surface area (Å²) in [4.78, 5) is 24.2. The van der Waals surface area contributed by atoms with Crippen LogP contribution < -0.4 is 5.32 Å². The van der Waals surface area contributed by atoms with Crippen LogP contribution in [0, 0.1) is 17.3 Å². The number of hydrogen-bond donors (Lipinski definition) is 1. The van der Waals surface area contributed by atoms with Crippen LogP contribution in [0.25, 0.3) is 0 Å². The summed E-state index contributed by atoms with van der Waals surface area (Å²) in [7, 11) is 0. The van der Waals surface area contributed by atoms with Crippen LogP contribution in [0.15, 0.2) is 41.6 Å². The van der Waals surface area contributed by atoms with Gasteiger partial charge in [0.1, 0.15) is 0 Å². The molecule has 21 heavy (non-hydrogen) atoms. The minimum Gasteiger partial charge on any atom is -0.329 e. The summed E-state index contributed by atoms with van der Waals surface area (Å²) >= 11 is 0. The van der Waals surface area contributed by atoms with Gasteiger partial charge in [-0.3, -0.25) is 9.59 Å². The SMILES string of the molecule is C/C(NC(=O)Cc1ccccc1)=C1/C(=O)CC2C1C2(C)C. The maximum Gasteiger partial charge on any atom is 0.228 e. The Hall–Kier alpha value is -1.90. The highest BCUT2D eigenvalue weighted by Crippen LogP contribution is 2.68. The van der Waals surface area contributed by atoms with Gasteiger partial charge < -0.3 is 5.32 Å². The summed E-state index contributed by atoms with van der Waals surface area (Å²) in [5, 5.41) is 2.92. The van der Waals surface area contributed by atoms with Gasteiger partial charge in [0.15, 0.2) is 5.78 Å². The molecule has 1 aromatic rings. The molecule has 2 unspecified atom stereocenters. The van der Waals surface area contributed by atoms with E-state index in [2.05, 4.69) is 19.2 Å². The van der Waals surface area contributed by atoms with Crippen LogP contribution in [0.4, 0.5) is 0 Å². The Bertz CT molecular complexity index is 628.